The molecule has 2 fully saturated rings. The molecule has 22 heavy (non-hydrogen) atoms. The van der Waals surface area contributed by atoms with E-state index in [0.29, 0.717) is 45.9 Å². The van der Waals surface area contributed by atoms with Gasteiger partial charge in [0.05, 0.1) is 26.3 Å². The SMILES string of the molecule is C=CCNC(=O)CN1CCN(CC(=O)N2CCOCC2)CC1. The average Bonchev–Trinajstić information content (AvgIpc) is 2.55. The number of ether oxygens (including phenoxy) is 1. The van der Waals surface area contributed by atoms with Gasteiger partial charge in [-0.05, 0) is 0 Å². The summed E-state index contributed by atoms with van der Waals surface area (Å²) in [6.07, 6.45) is 1.67. The molecule has 0 radical (unpaired) electrons. The van der Waals surface area contributed by atoms with Crippen LogP contribution in [0.1, 0.15) is 0 Å². The predicted octanol–water partition coefficient (Wildman–Crippen LogP) is -1.23. The fourth-order valence-corrected chi connectivity index (χ4v) is 2.65. The van der Waals surface area contributed by atoms with Crippen molar-refractivity contribution in [2.75, 3.05) is 72.1 Å². The topological polar surface area (TPSA) is 65.1 Å². The largest absolute Gasteiger partial charge is 0.378 e. The molecule has 7 heteroatoms. The van der Waals surface area contributed by atoms with E-state index < -0.39 is 0 Å². The van der Waals surface area contributed by atoms with E-state index in [9.17, 15) is 9.59 Å². The summed E-state index contributed by atoms with van der Waals surface area (Å²) in [7, 11) is 0. The summed E-state index contributed by atoms with van der Waals surface area (Å²) < 4.78 is 5.26. The van der Waals surface area contributed by atoms with Crippen molar-refractivity contribution in [3.8, 4) is 0 Å². The first-order valence-electron chi connectivity index (χ1n) is 7.87. The highest BCUT2D eigenvalue weighted by Gasteiger charge is 2.23. The van der Waals surface area contributed by atoms with Crippen LogP contribution in [0.5, 0.6) is 0 Å². The first-order chi connectivity index (χ1) is 10.7. The molecule has 2 heterocycles. The molecule has 2 aliphatic heterocycles. The van der Waals surface area contributed by atoms with Gasteiger partial charge in [0.15, 0.2) is 0 Å². The predicted molar refractivity (Wildman–Crippen MR) is 83.5 cm³/mol. The molecule has 2 saturated heterocycles. The molecule has 0 aliphatic carbocycles. The lowest BCUT2D eigenvalue weighted by Crippen LogP contribution is -2.52. The summed E-state index contributed by atoms with van der Waals surface area (Å²) >= 11 is 0. The highest BCUT2D eigenvalue weighted by Crippen LogP contribution is 2.04. The van der Waals surface area contributed by atoms with Gasteiger partial charge in [0.25, 0.3) is 0 Å². The average molecular weight is 310 g/mol. The van der Waals surface area contributed by atoms with Crippen molar-refractivity contribution in [2.45, 2.75) is 0 Å². The van der Waals surface area contributed by atoms with Crippen LogP contribution in [0, 0.1) is 0 Å². The Morgan fingerprint density at radius 3 is 2.18 bits per heavy atom. The Bertz CT molecular complexity index is 388. The lowest BCUT2D eigenvalue weighted by molar-refractivity contribution is -0.137. The standard InChI is InChI=1S/C15H26N4O3/c1-2-3-16-14(20)12-17-4-6-18(7-5-17)13-15(21)19-8-10-22-11-9-19/h2H,1,3-13H2,(H,16,20). The number of hydrogen-bond acceptors (Lipinski definition) is 5. The van der Waals surface area contributed by atoms with E-state index in [2.05, 4.69) is 21.7 Å². The zero-order valence-electron chi connectivity index (χ0n) is 13.1. The van der Waals surface area contributed by atoms with Crippen LogP contribution in [-0.4, -0.2) is 98.6 Å². The number of nitrogens with zero attached hydrogens (tertiary/aromatic N) is 3. The summed E-state index contributed by atoms with van der Waals surface area (Å²) in [6, 6.07) is 0. The van der Waals surface area contributed by atoms with Crippen molar-refractivity contribution in [3.63, 3.8) is 0 Å². The zero-order valence-corrected chi connectivity index (χ0v) is 13.1. The molecular weight excluding hydrogens is 284 g/mol. The third kappa shape index (κ3) is 5.40. The Labute approximate surface area is 131 Å². The van der Waals surface area contributed by atoms with Crippen molar-refractivity contribution in [1.29, 1.82) is 0 Å². The molecule has 124 valence electrons. The van der Waals surface area contributed by atoms with E-state index in [1.54, 1.807) is 6.08 Å². The van der Waals surface area contributed by atoms with E-state index in [4.69, 9.17) is 4.74 Å². The summed E-state index contributed by atoms with van der Waals surface area (Å²) in [5, 5.41) is 2.78. The van der Waals surface area contributed by atoms with Crippen molar-refractivity contribution in [1.82, 2.24) is 20.0 Å². The van der Waals surface area contributed by atoms with Crippen molar-refractivity contribution in [2.24, 2.45) is 0 Å². The Morgan fingerprint density at radius 2 is 1.59 bits per heavy atom. The quantitative estimate of drug-likeness (QED) is 0.622. The van der Waals surface area contributed by atoms with Gasteiger partial charge in [0.1, 0.15) is 0 Å². The molecule has 0 spiro atoms. The molecule has 0 atom stereocenters. The fourth-order valence-electron chi connectivity index (χ4n) is 2.65. The fraction of sp³-hybridized carbons (Fsp3) is 0.733. The number of amides is 2. The highest BCUT2D eigenvalue weighted by molar-refractivity contribution is 5.78. The van der Waals surface area contributed by atoms with Gasteiger partial charge in [-0.1, -0.05) is 6.08 Å². The maximum atomic E-state index is 12.2. The Balaban J connectivity index is 1.65. The Hall–Kier alpha value is -1.44. The van der Waals surface area contributed by atoms with Gasteiger partial charge in [0, 0.05) is 45.8 Å². The van der Waals surface area contributed by atoms with Crippen LogP contribution in [0.15, 0.2) is 12.7 Å². The summed E-state index contributed by atoms with van der Waals surface area (Å²) in [5.74, 6) is 0.207. The molecule has 0 aromatic rings. The third-order valence-corrected chi connectivity index (χ3v) is 4.00. The minimum atomic E-state index is 0.0257. The molecule has 2 rings (SSSR count). The van der Waals surface area contributed by atoms with Crippen LogP contribution in [0.2, 0.25) is 0 Å². The van der Waals surface area contributed by atoms with Gasteiger partial charge in [-0.3, -0.25) is 19.4 Å². The lowest BCUT2D eigenvalue weighted by atomic mass is 10.3. The van der Waals surface area contributed by atoms with E-state index in [0.717, 1.165) is 26.2 Å². The normalized spacial score (nSPS) is 20.6. The van der Waals surface area contributed by atoms with E-state index in [-0.39, 0.29) is 11.8 Å². The van der Waals surface area contributed by atoms with E-state index >= 15 is 0 Å². The molecule has 0 aromatic carbocycles. The van der Waals surface area contributed by atoms with Gasteiger partial charge in [-0.2, -0.15) is 0 Å². The molecule has 0 aromatic heterocycles. The number of carbonyl (C=O) groups excluding carboxylic acids is 2. The van der Waals surface area contributed by atoms with E-state index in [1.807, 2.05) is 4.90 Å². The monoisotopic (exact) mass is 310 g/mol. The number of hydrogen-bond donors (Lipinski definition) is 1. The van der Waals surface area contributed by atoms with Crippen LogP contribution < -0.4 is 5.32 Å². The van der Waals surface area contributed by atoms with Gasteiger partial charge in [0.2, 0.25) is 11.8 Å². The molecule has 0 bridgehead atoms. The molecular formula is C15H26N4O3. The smallest absolute Gasteiger partial charge is 0.236 e. The second kappa shape index (κ2) is 8.87. The molecule has 1 N–H and O–H groups in total. The van der Waals surface area contributed by atoms with Crippen molar-refractivity contribution >= 4 is 11.8 Å². The van der Waals surface area contributed by atoms with Crippen LogP contribution in [0.25, 0.3) is 0 Å². The number of carbonyl (C=O) groups is 2. The first kappa shape index (κ1) is 16.9. The zero-order chi connectivity index (χ0) is 15.8. The number of nitrogens with one attached hydrogen (secondary N) is 1. The second-order valence-electron chi connectivity index (χ2n) is 5.64. The summed E-state index contributed by atoms with van der Waals surface area (Å²) in [6.45, 7) is 10.9. The van der Waals surface area contributed by atoms with Crippen LogP contribution in [0.4, 0.5) is 0 Å². The minimum absolute atomic E-state index is 0.0257. The van der Waals surface area contributed by atoms with E-state index in [1.165, 1.54) is 0 Å². The number of rotatable bonds is 6. The van der Waals surface area contributed by atoms with Gasteiger partial charge in [-0.15, -0.1) is 6.58 Å². The maximum absolute atomic E-state index is 12.2. The first-order valence-corrected chi connectivity index (χ1v) is 7.87. The van der Waals surface area contributed by atoms with Gasteiger partial charge in [-0.25, -0.2) is 0 Å². The number of piperazine rings is 1. The molecule has 2 amide bonds. The lowest BCUT2D eigenvalue weighted by Gasteiger charge is -2.35. The third-order valence-electron chi connectivity index (χ3n) is 4.00. The van der Waals surface area contributed by atoms with Gasteiger partial charge >= 0.3 is 0 Å². The minimum Gasteiger partial charge on any atom is -0.378 e. The molecule has 2 aliphatic rings. The van der Waals surface area contributed by atoms with Crippen molar-refractivity contribution < 1.29 is 14.3 Å². The molecule has 7 nitrogen and oxygen atoms in total. The molecule has 0 saturated carbocycles. The Kier molecular flexibility index (Phi) is 6.82. The second-order valence-corrected chi connectivity index (χ2v) is 5.64. The summed E-state index contributed by atoms with van der Waals surface area (Å²) in [4.78, 5) is 30.0. The molecule has 0 unspecified atom stereocenters. The summed E-state index contributed by atoms with van der Waals surface area (Å²) in [5.41, 5.74) is 0. The maximum Gasteiger partial charge on any atom is 0.236 e. The van der Waals surface area contributed by atoms with Crippen LogP contribution >= 0.6 is 0 Å². The highest BCUT2D eigenvalue weighted by atomic mass is 16.5. The number of morpholine rings is 1. The Morgan fingerprint density at radius 1 is 1.00 bits per heavy atom. The van der Waals surface area contributed by atoms with Crippen LogP contribution in [-0.2, 0) is 14.3 Å². The van der Waals surface area contributed by atoms with Crippen LogP contribution in [0.3, 0.4) is 0 Å². The van der Waals surface area contributed by atoms with Gasteiger partial charge < -0.3 is 15.0 Å². The van der Waals surface area contributed by atoms with Crippen molar-refractivity contribution in [3.05, 3.63) is 12.7 Å².